The molecule has 0 radical (unpaired) electrons. The molecule has 5 aromatic rings. The zero-order chi connectivity index (χ0) is 29.3. The van der Waals surface area contributed by atoms with Gasteiger partial charge < -0.3 is 14.7 Å². The molecule has 1 aromatic heterocycles. The topological polar surface area (TPSA) is 67.6 Å². The fourth-order valence-electron chi connectivity index (χ4n) is 5.22. The van der Waals surface area contributed by atoms with Crippen LogP contribution in [0.5, 0.6) is 5.75 Å². The van der Waals surface area contributed by atoms with Crippen molar-refractivity contribution >= 4 is 45.6 Å². The van der Waals surface area contributed by atoms with Crippen molar-refractivity contribution in [1.29, 1.82) is 0 Å². The van der Waals surface area contributed by atoms with Gasteiger partial charge in [-0.3, -0.25) is 0 Å². The third-order valence-electron chi connectivity index (χ3n) is 7.28. The van der Waals surface area contributed by atoms with Gasteiger partial charge in [-0.1, -0.05) is 73.4 Å². The van der Waals surface area contributed by atoms with Gasteiger partial charge in [-0.15, -0.1) is 0 Å². The van der Waals surface area contributed by atoms with Crippen molar-refractivity contribution in [1.82, 2.24) is 9.78 Å². The van der Waals surface area contributed by atoms with E-state index >= 15 is 0 Å². The molecule has 0 fully saturated rings. The Morgan fingerprint density at radius 3 is 2.37 bits per heavy atom. The summed E-state index contributed by atoms with van der Waals surface area (Å²) in [5.74, 6) is 0.0525. The third-order valence-corrected chi connectivity index (χ3v) is 7.89. The number of ether oxygens (including phenoxy) is 1. The van der Waals surface area contributed by atoms with E-state index in [-0.39, 0.29) is 5.92 Å². The molecule has 0 aliphatic carbocycles. The third kappa shape index (κ3) is 5.76. The molecule has 210 valence electrons. The second-order valence-electron chi connectivity index (χ2n) is 10.4. The molecule has 0 amide bonds. The maximum absolute atomic E-state index is 11.7. The number of benzene rings is 4. The summed E-state index contributed by atoms with van der Waals surface area (Å²) in [6.07, 6.45) is 1.85. The van der Waals surface area contributed by atoms with Crippen molar-refractivity contribution in [2.45, 2.75) is 39.8 Å². The van der Waals surface area contributed by atoms with Crippen LogP contribution < -0.4 is 9.64 Å². The maximum atomic E-state index is 11.7. The van der Waals surface area contributed by atoms with E-state index in [4.69, 9.17) is 27.9 Å². The van der Waals surface area contributed by atoms with Gasteiger partial charge in [0.25, 0.3) is 0 Å². The Balaban J connectivity index is 1.37. The summed E-state index contributed by atoms with van der Waals surface area (Å²) >= 11 is 13.0. The lowest BCUT2D eigenvalue weighted by Crippen LogP contribution is -2.18. The Morgan fingerprint density at radius 1 is 1.00 bits per heavy atom. The monoisotopic (exact) mass is 587 g/mol. The molecule has 8 heteroatoms. The van der Waals surface area contributed by atoms with E-state index < -0.39 is 5.97 Å². The van der Waals surface area contributed by atoms with Crippen LogP contribution in [0, 0.1) is 6.92 Å². The zero-order valence-electron chi connectivity index (χ0n) is 23.4. The largest absolute Gasteiger partial charge is 0.487 e. The zero-order valence-corrected chi connectivity index (χ0v) is 24.9. The summed E-state index contributed by atoms with van der Waals surface area (Å²) in [4.78, 5) is 13.9. The smallest absolute Gasteiger partial charge is 0.336 e. The van der Waals surface area contributed by atoms with Gasteiger partial charge in [0.1, 0.15) is 18.0 Å². The molecule has 0 spiro atoms. The molecule has 0 saturated heterocycles. The number of nitrogens with zero attached hydrogens (tertiary/aromatic N) is 3. The number of hydrogen-bond donors (Lipinski definition) is 1. The molecule has 1 N–H and O–H groups in total. The lowest BCUT2D eigenvalue weighted by Gasteiger charge is -2.23. The number of aromatic nitrogens is 2. The number of fused-ring (bicyclic) bond motifs is 1. The summed E-state index contributed by atoms with van der Waals surface area (Å²) < 4.78 is 8.06. The van der Waals surface area contributed by atoms with Crippen LogP contribution in [0.1, 0.15) is 52.5 Å². The van der Waals surface area contributed by atoms with E-state index in [0.717, 1.165) is 44.6 Å². The van der Waals surface area contributed by atoms with Crippen LogP contribution in [0.15, 0.2) is 79.0 Å². The minimum Gasteiger partial charge on any atom is -0.487 e. The number of para-hydroxylation sites is 1. The first-order valence-electron chi connectivity index (χ1n) is 13.4. The van der Waals surface area contributed by atoms with Gasteiger partial charge in [-0.2, -0.15) is 5.10 Å². The Hall–Kier alpha value is -4.00. The van der Waals surface area contributed by atoms with Crippen molar-refractivity contribution in [2.75, 3.05) is 11.9 Å². The molecule has 41 heavy (non-hydrogen) atoms. The SMILES string of the molecule is Cc1cc(OCc2c(C(C)C)cnn2-c2c(Cl)cccc2Cl)ccc1N(C)Cc1ccc(C(=O)O)c2ccccc12. The number of hydrogen-bond acceptors (Lipinski definition) is 4. The molecular weight excluding hydrogens is 557 g/mol. The van der Waals surface area contributed by atoms with Crippen LogP contribution in [-0.2, 0) is 13.2 Å². The highest BCUT2D eigenvalue weighted by atomic mass is 35.5. The highest BCUT2D eigenvalue weighted by Gasteiger charge is 2.20. The number of halogens is 2. The Kier molecular flexibility index (Phi) is 8.25. The molecule has 0 atom stereocenters. The number of rotatable bonds is 9. The van der Waals surface area contributed by atoms with Gasteiger partial charge in [-0.05, 0) is 76.7 Å². The van der Waals surface area contributed by atoms with Gasteiger partial charge in [0, 0.05) is 19.3 Å². The van der Waals surface area contributed by atoms with Crippen LogP contribution in [0.2, 0.25) is 10.0 Å². The maximum Gasteiger partial charge on any atom is 0.336 e. The summed E-state index contributed by atoms with van der Waals surface area (Å²) in [5.41, 5.74) is 6.07. The fraction of sp³-hybridized carbons (Fsp3) is 0.212. The summed E-state index contributed by atoms with van der Waals surface area (Å²) in [6.45, 7) is 7.21. The summed E-state index contributed by atoms with van der Waals surface area (Å²) in [5, 5.41) is 16.9. The molecule has 6 nitrogen and oxygen atoms in total. The van der Waals surface area contributed by atoms with Crippen LogP contribution in [0.4, 0.5) is 5.69 Å². The van der Waals surface area contributed by atoms with Gasteiger partial charge in [0.15, 0.2) is 0 Å². The standard InChI is InChI=1S/C33H31Cl2N3O3/c1-20(2)27-17-36-38(32-28(34)10-7-11-29(32)35)31(27)19-41-23-13-15-30(21(3)16-23)37(4)18-22-12-14-26(33(39)40)25-9-6-5-8-24(22)25/h5-17,20H,18-19H2,1-4H3,(H,39,40). The second-order valence-corrected chi connectivity index (χ2v) is 11.2. The lowest BCUT2D eigenvalue weighted by atomic mass is 9.99. The predicted molar refractivity (Wildman–Crippen MR) is 166 cm³/mol. The highest BCUT2D eigenvalue weighted by molar-refractivity contribution is 6.37. The molecule has 0 unspecified atom stereocenters. The lowest BCUT2D eigenvalue weighted by molar-refractivity contribution is 0.0699. The highest BCUT2D eigenvalue weighted by Crippen LogP contribution is 2.33. The van der Waals surface area contributed by atoms with Crippen LogP contribution in [-0.4, -0.2) is 27.9 Å². The van der Waals surface area contributed by atoms with E-state index in [2.05, 4.69) is 30.8 Å². The second kappa shape index (κ2) is 11.9. The van der Waals surface area contributed by atoms with E-state index in [1.807, 2.05) is 67.8 Å². The number of carboxylic acids is 1. The Morgan fingerprint density at radius 2 is 1.71 bits per heavy atom. The van der Waals surface area contributed by atoms with Crippen molar-refractivity contribution in [3.63, 3.8) is 0 Å². The molecule has 4 aromatic carbocycles. The van der Waals surface area contributed by atoms with Gasteiger partial charge in [0.2, 0.25) is 0 Å². The minimum absolute atomic E-state index is 0.238. The minimum atomic E-state index is -0.925. The summed E-state index contributed by atoms with van der Waals surface area (Å²) in [7, 11) is 2.03. The van der Waals surface area contributed by atoms with Crippen LogP contribution in [0.25, 0.3) is 16.5 Å². The molecule has 0 bridgehead atoms. The average molecular weight is 589 g/mol. The van der Waals surface area contributed by atoms with Crippen LogP contribution in [0.3, 0.4) is 0 Å². The van der Waals surface area contributed by atoms with E-state index in [9.17, 15) is 9.90 Å². The average Bonchev–Trinajstić information content (AvgIpc) is 3.35. The van der Waals surface area contributed by atoms with Gasteiger partial charge >= 0.3 is 5.97 Å². The quantitative estimate of drug-likeness (QED) is 0.187. The fourth-order valence-corrected chi connectivity index (χ4v) is 5.78. The van der Waals surface area contributed by atoms with Crippen molar-refractivity contribution < 1.29 is 14.6 Å². The van der Waals surface area contributed by atoms with E-state index in [1.165, 1.54) is 0 Å². The first kappa shape index (κ1) is 28.5. The normalized spacial score (nSPS) is 11.3. The van der Waals surface area contributed by atoms with Gasteiger partial charge in [-0.25, -0.2) is 9.48 Å². The number of carbonyl (C=O) groups is 1. The van der Waals surface area contributed by atoms with Crippen molar-refractivity contribution in [2.24, 2.45) is 0 Å². The molecular formula is C33H31Cl2N3O3. The predicted octanol–water partition coefficient (Wildman–Crippen LogP) is 8.68. The Labute approximate surface area is 249 Å². The number of carboxylic acid groups (broad SMARTS) is 1. The first-order valence-corrected chi connectivity index (χ1v) is 14.1. The molecule has 0 aliphatic rings. The van der Waals surface area contributed by atoms with Crippen molar-refractivity contribution in [3.8, 4) is 11.4 Å². The molecule has 0 aliphatic heterocycles. The van der Waals surface area contributed by atoms with E-state index in [0.29, 0.717) is 34.4 Å². The molecule has 5 rings (SSSR count). The summed E-state index contributed by atoms with van der Waals surface area (Å²) in [6, 6.07) is 22.7. The number of aromatic carboxylic acids is 1. The molecule has 0 saturated carbocycles. The Bertz CT molecular complexity index is 1730. The van der Waals surface area contributed by atoms with E-state index in [1.54, 1.807) is 22.9 Å². The van der Waals surface area contributed by atoms with Crippen LogP contribution >= 0.6 is 23.2 Å². The number of anilines is 1. The number of aryl methyl sites for hydroxylation is 1. The first-order chi connectivity index (χ1) is 19.7. The molecule has 1 heterocycles. The van der Waals surface area contributed by atoms with Gasteiger partial charge in [0.05, 0.1) is 27.5 Å². The van der Waals surface area contributed by atoms with Crippen molar-refractivity contribution in [3.05, 3.63) is 117 Å².